The maximum absolute atomic E-state index is 12.3. The molecule has 1 N–H and O–H groups in total. The summed E-state index contributed by atoms with van der Waals surface area (Å²) >= 11 is 3.45. The monoisotopic (exact) mass is 347 g/mol. The number of rotatable bonds is 4. The zero-order chi connectivity index (χ0) is 15.4. The van der Waals surface area contributed by atoms with E-state index in [4.69, 9.17) is 4.74 Å². The van der Waals surface area contributed by atoms with Crippen LogP contribution in [0.3, 0.4) is 0 Å². The fourth-order valence-electron chi connectivity index (χ4n) is 2.01. The van der Waals surface area contributed by atoms with Gasteiger partial charge in [-0.05, 0) is 49.2 Å². The molecule has 0 fully saturated rings. The van der Waals surface area contributed by atoms with Gasteiger partial charge >= 0.3 is 0 Å². The van der Waals surface area contributed by atoms with Gasteiger partial charge in [0.25, 0.3) is 5.91 Å². The number of methoxy groups -OCH3 is 1. The third kappa shape index (κ3) is 3.85. The Morgan fingerprint density at radius 2 is 2.00 bits per heavy atom. The number of carbonyl (C=O) groups excluding carboxylic acids is 1. The molecule has 0 aromatic heterocycles. The summed E-state index contributed by atoms with van der Waals surface area (Å²) in [6.45, 7) is 3.94. The molecule has 0 spiro atoms. The highest BCUT2D eigenvalue weighted by Crippen LogP contribution is 2.21. The molecule has 0 radical (unpaired) electrons. The quantitative estimate of drug-likeness (QED) is 0.897. The lowest BCUT2D eigenvalue weighted by Gasteiger charge is -2.15. The first kappa shape index (κ1) is 15.6. The van der Waals surface area contributed by atoms with E-state index in [-0.39, 0.29) is 11.9 Å². The van der Waals surface area contributed by atoms with Crippen molar-refractivity contribution in [2.45, 2.75) is 19.9 Å². The van der Waals surface area contributed by atoms with Crippen LogP contribution in [0.5, 0.6) is 5.75 Å². The molecule has 3 nitrogen and oxygen atoms in total. The molecule has 110 valence electrons. The van der Waals surface area contributed by atoms with Crippen molar-refractivity contribution < 1.29 is 9.53 Å². The summed E-state index contributed by atoms with van der Waals surface area (Å²) in [4.78, 5) is 12.3. The second-order valence-corrected chi connectivity index (χ2v) is 5.79. The normalized spacial score (nSPS) is 11.8. The Morgan fingerprint density at radius 3 is 2.67 bits per heavy atom. The van der Waals surface area contributed by atoms with Crippen molar-refractivity contribution >= 4 is 21.8 Å². The molecular weight excluding hydrogens is 330 g/mol. The maximum Gasteiger partial charge on any atom is 0.251 e. The fourth-order valence-corrected chi connectivity index (χ4v) is 2.39. The molecule has 0 aliphatic rings. The SMILES string of the molecule is COc1cccc(C(C)NC(=O)c2ccc(C)c(Br)c2)c1. The van der Waals surface area contributed by atoms with Crippen LogP contribution in [0.15, 0.2) is 46.9 Å². The number of amides is 1. The van der Waals surface area contributed by atoms with Gasteiger partial charge in [-0.1, -0.05) is 34.1 Å². The van der Waals surface area contributed by atoms with E-state index in [1.165, 1.54) is 0 Å². The first-order chi connectivity index (χ1) is 10.0. The Labute approximate surface area is 133 Å². The number of hydrogen-bond acceptors (Lipinski definition) is 2. The summed E-state index contributed by atoms with van der Waals surface area (Å²) in [5, 5.41) is 3.00. The number of benzene rings is 2. The summed E-state index contributed by atoms with van der Waals surface area (Å²) in [5.41, 5.74) is 2.75. The molecular formula is C17H18BrNO2. The number of hydrogen-bond donors (Lipinski definition) is 1. The van der Waals surface area contributed by atoms with E-state index in [0.29, 0.717) is 5.56 Å². The lowest BCUT2D eigenvalue weighted by molar-refractivity contribution is 0.0939. The molecule has 21 heavy (non-hydrogen) atoms. The number of nitrogens with one attached hydrogen (secondary N) is 1. The lowest BCUT2D eigenvalue weighted by Crippen LogP contribution is -2.26. The van der Waals surface area contributed by atoms with Crippen LogP contribution in [0.25, 0.3) is 0 Å². The topological polar surface area (TPSA) is 38.3 Å². The summed E-state index contributed by atoms with van der Waals surface area (Å²) < 4.78 is 6.14. The average molecular weight is 348 g/mol. The summed E-state index contributed by atoms with van der Waals surface area (Å²) in [6, 6.07) is 13.2. The maximum atomic E-state index is 12.3. The van der Waals surface area contributed by atoms with Crippen LogP contribution in [0.2, 0.25) is 0 Å². The molecule has 0 heterocycles. The van der Waals surface area contributed by atoms with Crippen molar-refractivity contribution in [2.75, 3.05) is 7.11 Å². The predicted molar refractivity (Wildman–Crippen MR) is 87.8 cm³/mol. The molecule has 2 aromatic carbocycles. The highest BCUT2D eigenvalue weighted by Gasteiger charge is 2.12. The first-order valence-corrected chi connectivity index (χ1v) is 7.51. The Balaban J connectivity index is 2.12. The van der Waals surface area contributed by atoms with E-state index >= 15 is 0 Å². The Hall–Kier alpha value is -1.81. The van der Waals surface area contributed by atoms with Gasteiger partial charge in [-0.2, -0.15) is 0 Å². The third-order valence-corrected chi connectivity index (χ3v) is 4.23. The second-order valence-electron chi connectivity index (χ2n) is 4.94. The third-order valence-electron chi connectivity index (χ3n) is 3.38. The van der Waals surface area contributed by atoms with Crippen molar-refractivity contribution in [1.29, 1.82) is 0 Å². The van der Waals surface area contributed by atoms with Gasteiger partial charge in [0.15, 0.2) is 0 Å². The highest BCUT2D eigenvalue weighted by atomic mass is 79.9. The number of halogens is 1. The molecule has 0 saturated carbocycles. The summed E-state index contributed by atoms with van der Waals surface area (Å²) in [6.07, 6.45) is 0. The number of aryl methyl sites for hydroxylation is 1. The van der Waals surface area contributed by atoms with E-state index in [9.17, 15) is 4.79 Å². The molecule has 1 amide bonds. The van der Waals surface area contributed by atoms with Crippen LogP contribution < -0.4 is 10.1 Å². The Kier molecular flexibility index (Phi) is 5.02. The fraction of sp³-hybridized carbons (Fsp3) is 0.235. The molecule has 4 heteroatoms. The van der Waals surface area contributed by atoms with Gasteiger partial charge in [-0.15, -0.1) is 0 Å². The average Bonchev–Trinajstić information content (AvgIpc) is 2.49. The van der Waals surface area contributed by atoms with E-state index < -0.39 is 0 Å². The first-order valence-electron chi connectivity index (χ1n) is 6.72. The van der Waals surface area contributed by atoms with E-state index in [2.05, 4.69) is 21.2 Å². The zero-order valence-electron chi connectivity index (χ0n) is 12.3. The molecule has 0 aliphatic heterocycles. The summed E-state index contributed by atoms with van der Waals surface area (Å²) in [7, 11) is 1.63. The van der Waals surface area contributed by atoms with Gasteiger partial charge in [0.1, 0.15) is 5.75 Å². The molecule has 2 rings (SSSR count). The minimum atomic E-state index is -0.0916. The van der Waals surface area contributed by atoms with Gasteiger partial charge < -0.3 is 10.1 Å². The molecule has 2 aromatic rings. The minimum absolute atomic E-state index is 0.0901. The second kappa shape index (κ2) is 6.76. The number of carbonyl (C=O) groups is 1. The molecule has 0 aliphatic carbocycles. The minimum Gasteiger partial charge on any atom is -0.497 e. The largest absolute Gasteiger partial charge is 0.497 e. The van der Waals surface area contributed by atoms with Crippen molar-refractivity contribution in [3.8, 4) is 5.75 Å². The van der Waals surface area contributed by atoms with Crippen molar-refractivity contribution in [2.24, 2.45) is 0 Å². The van der Waals surface area contributed by atoms with Gasteiger partial charge in [-0.25, -0.2) is 0 Å². The van der Waals surface area contributed by atoms with E-state index in [1.807, 2.05) is 56.3 Å². The Morgan fingerprint density at radius 1 is 1.24 bits per heavy atom. The van der Waals surface area contributed by atoms with Crippen LogP contribution in [-0.2, 0) is 0 Å². The van der Waals surface area contributed by atoms with Crippen LogP contribution in [0.4, 0.5) is 0 Å². The van der Waals surface area contributed by atoms with Gasteiger partial charge in [0.2, 0.25) is 0 Å². The molecule has 0 saturated heterocycles. The van der Waals surface area contributed by atoms with Gasteiger partial charge in [0.05, 0.1) is 13.2 Å². The van der Waals surface area contributed by atoms with Crippen LogP contribution in [0.1, 0.15) is 34.5 Å². The smallest absolute Gasteiger partial charge is 0.251 e. The van der Waals surface area contributed by atoms with E-state index in [1.54, 1.807) is 7.11 Å². The van der Waals surface area contributed by atoms with Crippen molar-refractivity contribution in [3.63, 3.8) is 0 Å². The van der Waals surface area contributed by atoms with Gasteiger partial charge in [-0.3, -0.25) is 4.79 Å². The predicted octanol–water partition coefficient (Wildman–Crippen LogP) is 4.26. The van der Waals surface area contributed by atoms with E-state index in [0.717, 1.165) is 21.3 Å². The molecule has 1 unspecified atom stereocenters. The van der Waals surface area contributed by atoms with Crippen LogP contribution in [-0.4, -0.2) is 13.0 Å². The Bertz CT molecular complexity index is 655. The molecule has 1 atom stereocenters. The van der Waals surface area contributed by atoms with Crippen LogP contribution >= 0.6 is 15.9 Å². The highest BCUT2D eigenvalue weighted by molar-refractivity contribution is 9.10. The van der Waals surface area contributed by atoms with Crippen molar-refractivity contribution in [3.05, 3.63) is 63.6 Å². The summed E-state index contributed by atoms with van der Waals surface area (Å²) in [5.74, 6) is 0.692. The van der Waals surface area contributed by atoms with Gasteiger partial charge in [0, 0.05) is 10.0 Å². The standard InChI is InChI=1S/C17H18BrNO2/c1-11-7-8-14(10-16(11)18)17(20)19-12(2)13-5-4-6-15(9-13)21-3/h4-10,12H,1-3H3,(H,19,20). The zero-order valence-corrected chi connectivity index (χ0v) is 13.9. The number of ether oxygens (including phenoxy) is 1. The lowest BCUT2D eigenvalue weighted by atomic mass is 10.1. The molecule has 0 bridgehead atoms. The van der Waals surface area contributed by atoms with Crippen LogP contribution in [0, 0.1) is 6.92 Å². The van der Waals surface area contributed by atoms with Crippen molar-refractivity contribution in [1.82, 2.24) is 5.32 Å².